The minimum Gasteiger partial charge on any atom is -0.497 e. The summed E-state index contributed by atoms with van der Waals surface area (Å²) in [5, 5.41) is 6.60. The highest BCUT2D eigenvalue weighted by atomic mass is 19.1. The van der Waals surface area contributed by atoms with Crippen LogP contribution in [0.15, 0.2) is 53.1 Å². The van der Waals surface area contributed by atoms with Gasteiger partial charge in [-0.3, -0.25) is 4.79 Å². The van der Waals surface area contributed by atoms with Crippen molar-refractivity contribution in [3.63, 3.8) is 0 Å². The second-order valence-corrected chi connectivity index (χ2v) is 5.65. The molecule has 134 valence electrons. The molecule has 7 heteroatoms. The van der Waals surface area contributed by atoms with Crippen LogP contribution in [0.3, 0.4) is 0 Å². The largest absolute Gasteiger partial charge is 0.497 e. The number of ether oxygens (including phenoxy) is 1. The van der Waals surface area contributed by atoms with Crippen molar-refractivity contribution < 1.29 is 18.4 Å². The molecule has 3 aromatic rings. The van der Waals surface area contributed by atoms with E-state index >= 15 is 0 Å². The van der Waals surface area contributed by atoms with Crippen molar-refractivity contribution in [2.45, 2.75) is 19.3 Å². The third-order valence-electron chi connectivity index (χ3n) is 3.72. The van der Waals surface area contributed by atoms with Gasteiger partial charge in [-0.15, -0.1) is 0 Å². The summed E-state index contributed by atoms with van der Waals surface area (Å²) in [6, 6.07) is 13.1. The Hall–Kier alpha value is -3.22. The topological polar surface area (TPSA) is 77.2 Å². The van der Waals surface area contributed by atoms with Gasteiger partial charge in [-0.25, -0.2) is 4.39 Å². The number of nitrogens with zero attached hydrogens (tertiary/aromatic N) is 2. The molecule has 0 radical (unpaired) electrons. The molecule has 0 aliphatic carbocycles. The van der Waals surface area contributed by atoms with Crippen LogP contribution in [0.2, 0.25) is 0 Å². The number of methoxy groups -OCH3 is 1. The summed E-state index contributed by atoms with van der Waals surface area (Å²) >= 11 is 0. The number of rotatable bonds is 7. The minimum absolute atomic E-state index is 0.189. The van der Waals surface area contributed by atoms with E-state index in [1.807, 2.05) is 24.3 Å². The van der Waals surface area contributed by atoms with E-state index < -0.39 is 0 Å². The summed E-state index contributed by atoms with van der Waals surface area (Å²) in [5.41, 5.74) is 1.26. The van der Waals surface area contributed by atoms with Crippen LogP contribution in [0.1, 0.15) is 18.7 Å². The van der Waals surface area contributed by atoms with Crippen molar-refractivity contribution in [2.75, 3.05) is 12.4 Å². The molecule has 0 saturated heterocycles. The first-order chi connectivity index (χ1) is 12.6. The van der Waals surface area contributed by atoms with Gasteiger partial charge in [0.25, 0.3) is 0 Å². The normalized spacial score (nSPS) is 10.5. The summed E-state index contributed by atoms with van der Waals surface area (Å²) < 4.78 is 23.4. The van der Waals surface area contributed by atoms with Crippen LogP contribution < -0.4 is 10.1 Å². The van der Waals surface area contributed by atoms with Crippen molar-refractivity contribution in [1.82, 2.24) is 10.1 Å². The Bertz CT molecular complexity index is 878. The van der Waals surface area contributed by atoms with Gasteiger partial charge in [0.2, 0.25) is 17.6 Å². The van der Waals surface area contributed by atoms with Crippen molar-refractivity contribution in [3.8, 4) is 17.1 Å². The van der Waals surface area contributed by atoms with E-state index in [9.17, 15) is 9.18 Å². The standard InChI is InChI=1S/C19H18FN3O3/c1-25-16-10-8-13(9-11-16)19-22-18(26-23-19)7-3-6-17(24)21-15-5-2-4-14(20)12-15/h2,4-5,8-12H,3,6-7H2,1H3,(H,21,24). The molecule has 6 nitrogen and oxygen atoms in total. The number of aromatic nitrogens is 2. The molecule has 1 N–H and O–H groups in total. The molecule has 0 atom stereocenters. The molecule has 0 bridgehead atoms. The van der Waals surface area contributed by atoms with E-state index in [1.165, 1.54) is 12.1 Å². The highest BCUT2D eigenvalue weighted by molar-refractivity contribution is 5.90. The second kappa shape index (κ2) is 8.24. The summed E-state index contributed by atoms with van der Waals surface area (Å²) in [6.45, 7) is 0. The number of hydrogen-bond acceptors (Lipinski definition) is 5. The molecule has 0 fully saturated rings. The van der Waals surface area contributed by atoms with E-state index in [2.05, 4.69) is 15.5 Å². The first kappa shape index (κ1) is 17.6. The number of amides is 1. The minimum atomic E-state index is -0.389. The van der Waals surface area contributed by atoms with Gasteiger partial charge < -0.3 is 14.6 Å². The highest BCUT2D eigenvalue weighted by Gasteiger charge is 2.10. The maximum atomic E-state index is 13.1. The van der Waals surface area contributed by atoms with Crippen LogP contribution in [0, 0.1) is 5.82 Å². The zero-order valence-corrected chi connectivity index (χ0v) is 14.2. The lowest BCUT2D eigenvalue weighted by molar-refractivity contribution is -0.116. The fourth-order valence-corrected chi connectivity index (χ4v) is 2.40. The van der Waals surface area contributed by atoms with Gasteiger partial charge in [0, 0.05) is 24.1 Å². The van der Waals surface area contributed by atoms with Gasteiger partial charge in [-0.05, 0) is 48.9 Å². The molecule has 3 rings (SSSR count). The van der Waals surface area contributed by atoms with Crippen molar-refractivity contribution in [1.29, 1.82) is 0 Å². The lowest BCUT2D eigenvalue weighted by Gasteiger charge is -2.04. The van der Waals surface area contributed by atoms with Crippen LogP contribution >= 0.6 is 0 Å². The Morgan fingerprint density at radius 3 is 2.77 bits per heavy atom. The average Bonchev–Trinajstić information content (AvgIpc) is 3.11. The Balaban J connectivity index is 1.49. The quantitative estimate of drug-likeness (QED) is 0.697. The highest BCUT2D eigenvalue weighted by Crippen LogP contribution is 2.20. The van der Waals surface area contributed by atoms with Crippen LogP contribution in [-0.4, -0.2) is 23.2 Å². The molecule has 26 heavy (non-hydrogen) atoms. The van der Waals surface area contributed by atoms with Crippen LogP contribution in [0.4, 0.5) is 10.1 Å². The van der Waals surface area contributed by atoms with Crippen LogP contribution in [0.5, 0.6) is 5.75 Å². The van der Waals surface area contributed by atoms with Gasteiger partial charge in [-0.1, -0.05) is 11.2 Å². The fraction of sp³-hybridized carbons (Fsp3) is 0.211. The van der Waals surface area contributed by atoms with E-state index in [1.54, 1.807) is 19.2 Å². The van der Waals surface area contributed by atoms with Crippen LogP contribution in [-0.2, 0) is 11.2 Å². The van der Waals surface area contributed by atoms with Gasteiger partial charge in [-0.2, -0.15) is 4.98 Å². The van der Waals surface area contributed by atoms with Gasteiger partial charge in [0.15, 0.2) is 0 Å². The first-order valence-electron chi connectivity index (χ1n) is 8.16. The van der Waals surface area contributed by atoms with E-state index in [0.29, 0.717) is 30.2 Å². The lowest BCUT2D eigenvalue weighted by Crippen LogP contribution is -2.11. The van der Waals surface area contributed by atoms with Gasteiger partial charge in [0.05, 0.1) is 7.11 Å². The predicted octanol–water partition coefficient (Wildman–Crippen LogP) is 3.85. The maximum Gasteiger partial charge on any atom is 0.226 e. The Morgan fingerprint density at radius 1 is 1.23 bits per heavy atom. The molecule has 0 spiro atoms. The molecular formula is C19H18FN3O3. The molecule has 0 unspecified atom stereocenters. The molecule has 1 aromatic heterocycles. The van der Waals surface area contributed by atoms with E-state index in [4.69, 9.17) is 9.26 Å². The number of halogens is 1. The summed E-state index contributed by atoms with van der Waals surface area (Å²) in [4.78, 5) is 16.2. The maximum absolute atomic E-state index is 13.1. The summed E-state index contributed by atoms with van der Waals surface area (Å²) in [5.74, 6) is 1.13. The van der Waals surface area contributed by atoms with Gasteiger partial charge in [0.1, 0.15) is 11.6 Å². The number of nitrogens with one attached hydrogen (secondary N) is 1. The third kappa shape index (κ3) is 4.66. The number of benzene rings is 2. The lowest BCUT2D eigenvalue weighted by atomic mass is 10.2. The van der Waals surface area contributed by atoms with Crippen molar-refractivity contribution in [3.05, 3.63) is 60.2 Å². The molecular weight excluding hydrogens is 337 g/mol. The number of anilines is 1. The third-order valence-corrected chi connectivity index (χ3v) is 3.72. The zero-order valence-electron chi connectivity index (χ0n) is 14.2. The molecule has 0 aliphatic heterocycles. The number of hydrogen-bond donors (Lipinski definition) is 1. The van der Waals surface area contributed by atoms with Gasteiger partial charge >= 0.3 is 0 Å². The fourth-order valence-electron chi connectivity index (χ4n) is 2.40. The number of aryl methyl sites for hydroxylation is 1. The Morgan fingerprint density at radius 2 is 2.04 bits per heavy atom. The molecule has 0 saturated carbocycles. The second-order valence-electron chi connectivity index (χ2n) is 5.65. The van der Waals surface area contributed by atoms with E-state index in [0.717, 1.165) is 11.3 Å². The molecule has 2 aromatic carbocycles. The SMILES string of the molecule is COc1ccc(-c2noc(CCCC(=O)Nc3cccc(F)c3)n2)cc1. The first-order valence-corrected chi connectivity index (χ1v) is 8.16. The van der Waals surface area contributed by atoms with Crippen LogP contribution in [0.25, 0.3) is 11.4 Å². The smallest absolute Gasteiger partial charge is 0.226 e. The average molecular weight is 355 g/mol. The Kier molecular flexibility index (Phi) is 5.58. The summed E-state index contributed by atoms with van der Waals surface area (Å²) in [6.07, 6.45) is 1.31. The predicted molar refractivity (Wildman–Crippen MR) is 94.3 cm³/mol. The molecule has 1 heterocycles. The number of carbonyl (C=O) groups excluding carboxylic acids is 1. The monoisotopic (exact) mass is 355 g/mol. The summed E-state index contributed by atoms with van der Waals surface area (Å²) in [7, 11) is 1.60. The van der Waals surface area contributed by atoms with E-state index in [-0.39, 0.29) is 18.1 Å². The molecule has 1 amide bonds. The van der Waals surface area contributed by atoms with Crippen molar-refractivity contribution in [2.24, 2.45) is 0 Å². The zero-order chi connectivity index (χ0) is 18.4. The number of carbonyl (C=O) groups is 1. The molecule has 0 aliphatic rings. The Labute approximate surface area is 150 Å². The van der Waals surface area contributed by atoms with Crippen molar-refractivity contribution >= 4 is 11.6 Å².